The van der Waals surface area contributed by atoms with Crippen molar-refractivity contribution in [3.05, 3.63) is 0 Å². The van der Waals surface area contributed by atoms with E-state index in [0.717, 1.165) is 5.48 Å². The number of rotatable bonds is 2. The third kappa shape index (κ3) is 7.35. The van der Waals surface area contributed by atoms with Crippen LogP contribution in [0.15, 0.2) is 0 Å². The summed E-state index contributed by atoms with van der Waals surface area (Å²) in [5, 5.41) is 0. The van der Waals surface area contributed by atoms with E-state index in [2.05, 4.69) is 10.4 Å². The molecule has 54 valence electrons. The van der Waals surface area contributed by atoms with Gasteiger partial charge in [-0.1, -0.05) is 0 Å². The number of hydrogen-bond acceptors (Lipinski definition) is 3. The van der Waals surface area contributed by atoms with Gasteiger partial charge in [-0.15, -0.1) is 4.20 Å². The predicted molar refractivity (Wildman–Crippen MR) is 24.7 cm³/mol. The van der Waals surface area contributed by atoms with Crippen molar-refractivity contribution in [2.24, 2.45) is 5.73 Å². The Morgan fingerprint density at radius 1 is 1.89 bits per heavy atom. The van der Waals surface area contributed by atoms with Crippen LogP contribution in [0.2, 0.25) is 0 Å². The minimum atomic E-state index is -5.13. The SMILES string of the molecule is NC(=O)NOP(=O)(O)F. The van der Waals surface area contributed by atoms with Crippen LogP contribution in [0.4, 0.5) is 8.99 Å². The van der Waals surface area contributed by atoms with Gasteiger partial charge in [0.2, 0.25) is 0 Å². The summed E-state index contributed by atoms with van der Waals surface area (Å²) in [6, 6.07) is -1.25. The van der Waals surface area contributed by atoms with E-state index in [4.69, 9.17) is 4.89 Å². The fourth-order valence-electron chi connectivity index (χ4n) is 0.101. The first-order valence-electron chi connectivity index (χ1n) is 1.68. The minimum absolute atomic E-state index is 1.14. The van der Waals surface area contributed by atoms with Crippen molar-refractivity contribution in [2.45, 2.75) is 0 Å². The van der Waals surface area contributed by atoms with E-state index in [0.29, 0.717) is 0 Å². The Labute approximate surface area is 49.4 Å². The van der Waals surface area contributed by atoms with Crippen LogP contribution in [-0.4, -0.2) is 10.9 Å². The maximum atomic E-state index is 11.4. The lowest BCUT2D eigenvalue weighted by molar-refractivity contribution is 0.151. The Morgan fingerprint density at radius 3 is 2.44 bits per heavy atom. The van der Waals surface area contributed by atoms with Crippen molar-refractivity contribution in [3.8, 4) is 0 Å². The number of primary amides is 1. The van der Waals surface area contributed by atoms with Crippen LogP contribution in [0, 0.1) is 0 Å². The molecule has 0 saturated carbocycles. The van der Waals surface area contributed by atoms with Gasteiger partial charge in [0.25, 0.3) is 0 Å². The molecule has 0 aromatic carbocycles. The maximum Gasteiger partial charge on any atom is 0.532 e. The molecule has 0 radical (unpaired) electrons. The summed E-state index contributed by atoms with van der Waals surface area (Å²) in [5.74, 6) is 0. The first-order chi connectivity index (χ1) is 3.92. The smallest absolute Gasteiger partial charge is 0.350 e. The summed E-state index contributed by atoms with van der Waals surface area (Å²) >= 11 is 0. The standard InChI is InChI=1S/CH4FN2O4P/c2-9(6,7)8-4-1(3)5/h(H,6,7)(H3,3,4,5). The molecule has 1 unspecified atom stereocenters. The average Bonchev–Trinajstić information content (AvgIpc) is 1.59. The highest BCUT2D eigenvalue weighted by molar-refractivity contribution is 7.46. The lowest BCUT2D eigenvalue weighted by atomic mass is 11.2. The Kier molecular flexibility index (Phi) is 2.57. The van der Waals surface area contributed by atoms with E-state index in [9.17, 15) is 13.6 Å². The Balaban J connectivity index is 3.53. The summed E-state index contributed by atoms with van der Waals surface area (Å²) in [4.78, 5) is 17.3. The lowest BCUT2D eigenvalue weighted by Crippen LogP contribution is -2.27. The van der Waals surface area contributed by atoms with Crippen LogP contribution < -0.4 is 11.2 Å². The van der Waals surface area contributed by atoms with Crippen LogP contribution in [-0.2, 0) is 9.19 Å². The Bertz CT molecular complexity index is 153. The zero-order valence-corrected chi connectivity index (χ0v) is 4.97. The maximum absolute atomic E-state index is 11.4. The quantitative estimate of drug-likeness (QED) is 0.377. The summed E-state index contributed by atoms with van der Waals surface area (Å²) in [5.41, 5.74) is 5.46. The summed E-state index contributed by atoms with van der Waals surface area (Å²) in [6.45, 7) is 0. The second-order valence-electron chi connectivity index (χ2n) is 1.01. The second-order valence-corrected chi connectivity index (χ2v) is 2.09. The van der Waals surface area contributed by atoms with E-state index >= 15 is 0 Å². The third-order valence-corrected chi connectivity index (χ3v) is 0.575. The molecule has 0 aliphatic heterocycles. The van der Waals surface area contributed by atoms with Crippen molar-refractivity contribution in [1.29, 1.82) is 0 Å². The highest BCUT2D eigenvalue weighted by Crippen LogP contribution is 2.41. The van der Waals surface area contributed by atoms with Gasteiger partial charge in [-0.05, 0) is 0 Å². The van der Waals surface area contributed by atoms with Gasteiger partial charge in [-0.3, -0.25) is 4.89 Å². The zero-order chi connectivity index (χ0) is 7.49. The number of halogens is 1. The molecular formula is CH4FN2O4P. The minimum Gasteiger partial charge on any atom is -0.350 e. The van der Waals surface area contributed by atoms with E-state index in [1.54, 1.807) is 0 Å². The van der Waals surface area contributed by atoms with Gasteiger partial charge in [0, 0.05) is 0 Å². The predicted octanol–water partition coefficient (Wildman–Crippen LogP) is -0.344. The van der Waals surface area contributed by atoms with Crippen LogP contribution >= 0.6 is 7.91 Å². The van der Waals surface area contributed by atoms with Crippen LogP contribution in [0.25, 0.3) is 0 Å². The van der Waals surface area contributed by atoms with Gasteiger partial charge in [-0.2, -0.15) is 4.62 Å². The van der Waals surface area contributed by atoms with Gasteiger partial charge < -0.3 is 5.73 Å². The molecule has 0 heterocycles. The Morgan fingerprint density at radius 2 is 2.33 bits per heavy atom. The molecule has 8 heteroatoms. The number of nitrogens with two attached hydrogens (primary N) is 1. The lowest BCUT2D eigenvalue weighted by Gasteiger charge is -1.99. The van der Waals surface area contributed by atoms with E-state index in [-0.39, 0.29) is 0 Å². The molecule has 0 saturated heterocycles. The first kappa shape index (κ1) is 8.35. The summed E-state index contributed by atoms with van der Waals surface area (Å²) in [7, 11) is -5.13. The topological polar surface area (TPSA) is 102 Å². The first-order valence-corrected chi connectivity index (χ1v) is 3.15. The molecule has 0 aromatic rings. The Hall–Kier alpha value is -0.650. The zero-order valence-electron chi connectivity index (χ0n) is 4.07. The fourth-order valence-corrected chi connectivity index (χ4v) is 0.304. The number of hydrogen-bond donors (Lipinski definition) is 3. The average molecular weight is 158 g/mol. The number of carbonyl (C=O) groups is 1. The number of hydroxylamine groups is 1. The molecule has 0 rings (SSSR count). The third-order valence-electron chi connectivity index (χ3n) is 0.259. The summed E-state index contributed by atoms with van der Waals surface area (Å²) in [6.07, 6.45) is 0. The van der Waals surface area contributed by atoms with Crippen molar-refractivity contribution < 1.29 is 23.1 Å². The molecule has 0 aromatic heterocycles. The molecule has 2 amide bonds. The summed E-state index contributed by atoms with van der Waals surface area (Å²) < 4.78 is 24.1. The van der Waals surface area contributed by atoms with Gasteiger partial charge in [0.15, 0.2) is 0 Å². The van der Waals surface area contributed by atoms with E-state index in [1.165, 1.54) is 0 Å². The normalized spacial score (nSPS) is 16.2. The van der Waals surface area contributed by atoms with Gasteiger partial charge in [0.05, 0.1) is 0 Å². The number of amides is 2. The van der Waals surface area contributed by atoms with Crippen molar-refractivity contribution in [3.63, 3.8) is 0 Å². The van der Waals surface area contributed by atoms with Gasteiger partial charge in [-0.25, -0.2) is 14.8 Å². The monoisotopic (exact) mass is 158 g/mol. The number of urea groups is 1. The highest BCUT2D eigenvalue weighted by atomic mass is 31.2. The van der Waals surface area contributed by atoms with Crippen molar-refractivity contribution in [2.75, 3.05) is 0 Å². The van der Waals surface area contributed by atoms with Crippen LogP contribution in [0.5, 0.6) is 0 Å². The second kappa shape index (κ2) is 2.77. The number of carbonyl (C=O) groups excluding carboxylic acids is 1. The molecular weight excluding hydrogens is 154 g/mol. The molecule has 6 nitrogen and oxygen atoms in total. The van der Waals surface area contributed by atoms with Crippen LogP contribution in [0.1, 0.15) is 0 Å². The number of nitrogens with one attached hydrogen (secondary N) is 1. The largest absolute Gasteiger partial charge is 0.532 e. The van der Waals surface area contributed by atoms with E-state index < -0.39 is 13.9 Å². The molecule has 0 spiro atoms. The molecule has 0 fully saturated rings. The molecule has 0 bridgehead atoms. The van der Waals surface area contributed by atoms with E-state index in [1.807, 2.05) is 0 Å². The fraction of sp³-hybridized carbons (Fsp3) is 0. The van der Waals surface area contributed by atoms with Crippen molar-refractivity contribution in [1.82, 2.24) is 5.48 Å². The van der Waals surface area contributed by atoms with Crippen LogP contribution in [0.3, 0.4) is 0 Å². The molecule has 0 aliphatic rings. The van der Waals surface area contributed by atoms with Gasteiger partial charge >= 0.3 is 13.9 Å². The van der Waals surface area contributed by atoms with Gasteiger partial charge in [0.1, 0.15) is 0 Å². The molecule has 0 aliphatic carbocycles. The highest BCUT2D eigenvalue weighted by Gasteiger charge is 2.17. The molecule has 4 N–H and O–H groups in total. The van der Waals surface area contributed by atoms with Crippen molar-refractivity contribution >= 4 is 13.9 Å². The molecule has 1 atom stereocenters. The molecule has 9 heavy (non-hydrogen) atoms.